The number of hydrogen-bond donors (Lipinski definition) is 3. The summed E-state index contributed by atoms with van der Waals surface area (Å²) in [6.07, 6.45) is 0.700. The molecule has 38 heavy (non-hydrogen) atoms. The predicted octanol–water partition coefficient (Wildman–Crippen LogP) is 3.53. The molecule has 1 atom stereocenters. The molecule has 0 aliphatic heterocycles. The van der Waals surface area contributed by atoms with Gasteiger partial charge in [-0.05, 0) is 53.7 Å². The van der Waals surface area contributed by atoms with Gasteiger partial charge >= 0.3 is 0 Å². The van der Waals surface area contributed by atoms with Crippen molar-refractivity contribution in [3.63, 3.8) is 0 Å². The molecule has 1 aromatic heterocycles. The average Bonchev–Trinajstić information content (AvgIpc) is 3.28. The van der Waals surface area contributed by atoms with Crippen molar-refractivity contribution in [1.82, 2.24) is 9.69 Å². The number of anilines is 2. The molecule has 5 N–H and O–H groups in total. The van der Waals surface area contributed by atoms with Crippen LogP contribution in [0.5, 0.6) is 11.5 Å². The summed E-state index contributed by atoms with van der Waals surface area (Å²) in [5.74, 6) is -1.66. The fourth-order valence-electron chi connectivity index (χ4n) is 3.73. The van der Waals surface area contributed by atoms with Gasteiger partial charge in [0, 0.05) is 12.6 Å². The van der Waals surface area contributed by atoms with Gasteiger partial charge in [-0.25, -0.2) is 4.39 Å². The minimum Gasteiger partial charge on any atom is -0.497 e. The molecule has 1 heterocycles. The first-order chi connectivity index (χ1) is 18.1. The second kappa shape index (κ2) is 12.4. The summed E-state index contributed by atoms with van der Waals surface area (Å²) in [5.41, 5.74) is 11.5. The molecule has 0 saturated carbocycles. The number of hydrogen-bond acceptors (Lipinski definition) is 8. The van der Waals surface area contributed by atoms with Crippen LogP contribution < -0.4 is 31.2 Å². The first-order valence-corrected chi connectivity index (χ1v) is 12.5. The van der Waals surface area contributed by atoms with E-state index in [1.54, 1.807) is 18.2 Å². The smallest absolute Gasteiger partial charge is 0.273 e. The zero-order chi connectivity index (χ0) is 28.0. The first-order valence-electron chi connectivity index (χ1n) is 11.7. The molecule has 3 aromatic rings. The third kappa shape index (κ3) is 6.20. The predicted molar refractivity (Wildman–Crippen MR) is 143 cm³/mol. The summed E-state index contributed by atoms with van der Waals surface area (Å²) in [4.78, 5) is 40.7. The number of nitrogens with two attached hydrogens (primary N) is 2. The van der Waals surface area contributed by atoms with Crippen LogP contribution in [0.1, 0.15) is 52.0 Å². The van der Waals surface area contributed by atoms with E-state index in [-0.39, 0.29) is 27.7 Å². The number of nitrogen functional groups attached to an aromatic ring is 1. The van der Waals surface area contributed by atoms with Gasteiger partial charge in [0.1, 0.15) is 28.2 Å². The SMILES string of the molecule is COc1ccc(N(C(=O)c2snc(C(N)=O)c2N)[C@H](C(=O)NCCC(C)C)c2ccc(F)cc2)c(OC)c1. The lowest BCUT2D eigenvalue weighted by atomic mass is 10.0. The highest BCUT2D eigenvalue weighted by molar-refractivity contribution is 7.09. The summed E-state index contributed by atoms with van der Waals surface area (Å²) >= 11 is 0.681. The molecule has 0 radical (unpaired) electrons. The average molecular weight is 544 g/mol. The molecule has 2 aromatic carbocycles. The molecule has 0 bridgehead atoms. The fraction of sp³-hybridized carbons (Fsp3) is 0.308. The number of ether oxygens (including phenoxy) is 2. The lowest BCUT2D eigenvalue weighted by molar-refractivity contribution is -0.122. The Hall–Kier alpha value is -4.19. The second-order valence-corrected chi connectivity index (χ2v) is 9.55. The van der Waals surface area contributed by atoms with Gasteiger partial charge in [-0.15, -0.1) is 0 Å². The van der Waals surface area contributed by atoms with Crippen LogP contribution in [0.2, 0.25) is 0 Å². The van der Waals surface area contributed by atoms with Crippen molar-refractivity contribution < 1.29 is 28.2 Å². The Morgan fingerprint density at radius 3 is 2.34 bits per heavy atom. The number of benzene rings is 2. The van der Waals surface area contributed by atoms with Crippen LogP contribution in [0.3, 0.4) is 0 Å². The lowest BCUT2D eigenvalue weighted by Gasteiger charge is -2.32. The van der Waals surface area contributed by atoms with Crippen molar-refractivity contribution in [1.29, 1.82) is 0 Å². The maximum atomic E-state index is 14.1. The summed E-state index contributed by atoms with van der Waals surface area (Å²) < 4.78 is 28.6. The van der Waals surface area contributed by atoms with Gasteiger partial charge in [-0.3, -0.25) is 19.3 Å². The van der Waals surface area contributed by atoms with E-state index in [1.807, 2.05) is 13.8 Å². The molecule has 12 heteroatoms. The Kier molecular flexibility index (Phi) is 9.24. The van der Waals surface area contributed by atoms with Gasteiger partial charge in [-0.1, -0.05) is 26.0 Å². The molecule has 0 fully saturated rings. The fourth-order valence-corrected chi connectivity index (χ4v) is 4.47. The number of nitrogens with one attached hydrogen (secondary N) is 1. The molecule has 10 nitrogen and oxygen atoms in total. The van der Waals surface area contributed by atoms with E-state index in [0.29, 0.717) is 41.7 Å². The highest BCUT2D eigenvalue weighted by Gasteiger charge is 2.37. The van der Waals surface area contributed by atoms with Crippen LogP contribution >= 0.6 is 11.5 Å². The van der Waals surface area contributed by atoms with Gasteiger partial charge in [0.15, 0.2) is 5.69 Å². The Morgan fingerprint density at radius 2 is 1.79 bits per heavy atom. The van der Waals surface area contributed by atoms with Gasteiger partial charge in [-0.2, -0.15) is 4.37 Å². The van der Waals surface area contributed by atoms with E-state index in [9.17, 15) is 18.8 Å². The highest BCUT2D eigenvalue weighted by atomic mass is 32.1. The van der Waals surface area contributed by atoms with Crippen LogP contribution in [0.25, 0.3) is 0 Å². The number of rotatable bonds is 11. The molecule has 0 spiro atoms. The number of carbonyl (C=O) groups is 3. The number of amides is 3. The summed E-state index contributed by atoms with van der Waals surface area (Å²) in [6.45, 7) is 4.39. The Labute approximate surface area is 223 Å². The summed E-state index contributed by atoms with van der Waals surface area (Å²) in [6, 6.07) is 8.68. The third-order valence-electron chi connectivity index (χ3n) is 5.73. The summed E-state index contributed by atoms with van der Waals surface area (Å²) in [7, 11) is 2.88. The number of aromatic nitrogens is 1. The number of nitrogens with zero attached hydrogens (tertiary/aromatic N) is 2. The van der Waals surface area contributed by atoms with E-state index >= 15 is 0 Å². The quantitative estimate of drug-likeness (QED) is 0.335. The van der Waals surface area contributed by atoms with Gasteiger partial charge in [0.25, 0.3) is 11.8 Å². The van der Waals surface area contributed by atoms with Gasteiger partial charge < -0.3 is 26.3 Å². The Bertz CT molecular complexity index is 1310. The second-order valence-electron chi connectivity index (χ2n) is 8.78. The van der Waals surface area contributed by atoms with E-state index in [2.05, 4.69) is 9.69 Å². The zero-order valence-electron chi connectivity index (χ0n) is 21.5. The van der Waals surface area contributed by atoms with Crippen molar-refractivity contribution in [3.8, 4) is 11.5 Å². The number of halogens is 1. The van der Waals surface area contributed by atoms with Crippen molar-refractivity contribution in [3.05, 3.63) is 64.4 Å². The topological polar surface area (TPSA) is 150 Å². The van der Waals surface area contributed by atoms with Gasteiger partial charge in [0.05, 0.1) is 25.6 Å². The molecular weight excluding hydrogens is 513 g/mol. The normalized spacial score (nSPS) is 11.6. The lowest BCUT2D eigenvalue weighted by Crippen LogP contribution is -2.44. The van der Waals surface area contributed by atoms with Crippen LogP contribution in [-0.4, -0.2) is 42.9 Å². The third-order valence-corrected chi connectivity index (χ3v) is 6.59. The molecule has 0 unspecified atom stereocenters. The van der Waals surface area contributed by atoms with Crippen LogP contribution in [-0.2, 0) is 4.79 Å². The van der Waals surface area contributed by atoms with Crippen molar-refractivity contribution in [2.24, 2.45) is 11.7 Å². The standard InChI is InChI=1S/C26H30FN5O5S/c1-14(2)11-12-30-25(34)22(15-5-7-16(27)8-6-15)32(18-10-9-17(36-3)13-19(18)37-4)26(35)23-20(28)21(24(29)33)31-38-23/h5-10,13-14,22H,11-12,28H2,1-4H3,(H2,29,33)(H,30,34)/t22-/m0/s1. The summed E-state index contributed by atoms with van der Waals surface area (Å²) in [5, 5.41) is 2.87. The first kappa shape index (κ1) is 28.4. The van der Waals surface area contributed by atoms with E-state index < -0.39 is 29.6 Å². The number of methoxy groups -OCH3 is 2. The minimum atomic E-state index is -1.27. The maximum Gasteiger partial charge on any atom is 0.273 e. The molecule has 0 saturated heterocycles. The van der Waals surface area contributed by atoms with Crippen molar-refractivity contribution >= 4 is 40.6 Å². The van der Waals surface area contributed by atoms with Gasteiger partial charge in [0.2, 0.25) is 5.91 Å². The van der Waals surface area contributed by atoms with E-state index in [1.165, 1.54) is 43.4 Å². The van der Waals surface area contributed by atoms with E-state index in [4.69, 9.17) is 20.9 Å². The number of primary amides is 1. The molecule has 0 aliphatic carbocycles. The highest BCUT2D eigenvalue weighted by Crippen LogP contribution is 2.39. The van der Waals surface area contributed by atoms with Crippen LogP contribution in [0.15, 0.2) is 42.5 Å². The van der Waals surface area contributed by atoms with Crippen LogP contribution in [0, 0.1) is 11.7 Å². The largest absolute Gasteiger partial charge is 0.497 e. The van der Waals surface area contributed by atoms with Crippen molar-refractivity contribution in [2.45, 2.75) is 26.3 Å². The molecular formula is C26H30FN5O5S. The van der Waals surface area contributed by atoms with Crippen molar-refractivity contribution in [2.75, 3.05) is 31.4 Å². The Morgan fingerprint density at radius 1 is 1.11 bits per heavy atom. The zero-order valence-corrected chi connectivity index (χ0v) is 22.3. The number of carbonyl (C=O) groups excluding carboxylic acids is 3. The van der Waals surface area contributed by atoms with Crippen LogP contribution in [0.4, 0.5) is 15.8 Å². The molecule has 3 amide bonds. The maximum absolute atomic E-state index is 14.1. The molecule has 202 valence electrons. The Balaban J connectivity index is 2.24. The van der Waals surface area contributed by atoms with E-state index in [0.717, 1.165) is 0 Å². The molecule has 0 aliphatic rings. The minimum absolute atomic E-state index is 0.0984. The monoisotopic (exact) mass is 543 g/mol. The molecule has 3 rings (SSSR count).